The Morgan fingerprint density at radius 1 is 1.03 bits per heavy atom. The topological polar surface area (TPSA) is 92.7 Å². The van der Waals surface area contributed by atoms with Crippen LogP contribution in [0, 0.1) is 6.92 Å². The normalized spacial score (nSPS) is 12.4. The quantitative estimate of drug-likeness (QED) is 0.396. The van der Waals surface area contributed by atoms with Crippen LogP contribution in [0.1, 0.15) is 41.5 Å². The Kier molecular flexibility index (Phi) is 6.19. The van der Waals surface area contributed by atoms with Crippen LogP contribution in [0.15, 0.2) is 55.1 Å². The van der Waals surface area contributed by atoms with Gasteiger partial charge in [-0.25, -0.2) is 13.8 Å². The molecule has 0 spiro atoms. The zero-order chi connectivity index (χ0) is 24.5. The number of rotatable bonds is 6. The van der Waals surface area contributed by atoms with Crippen molar-refractivity contribution in [1.82, 2.24) is 19.9 Å². The molecular weight excluding hydrogens is 438 g/mol. The molecule has 0 aliphatic rings. The minimum absolute atomic E-state index is 0.0505. The number of nitrogens with one attached hydrogen (secondary N) is 2. The maximum absolute atomic E-state index is 13.7. The third kappa shape index (κ3) is 4.83. The van der Waals surface area contributed by atoms with Crippen molar-refractivity contribution in [2.75, 3.05) is 17.7 Å². The molecule has 0 saturated carbocycles. The van der Waals surface area contributed by atoms with E-state index in [0.29, 0.717) is 11.3 Å². The zero-order valence-corrected chi connectivity index (χ0v) is 19.2. The predicted molar refractivity (Wildman–Crippen MR) is 128 cm³/mol. The van der Waals surface area contributed by atoms with Gasteiger partial charge in [-0.15, -0.1) is 0 Å². The Bertz CT molecular complexity index is 1370. The molecule has 4 aromatic rings. The van der Waals surface area contributed by atoms with Crippen LogP contribution in [0.25, 0.3) is 22.0 Å². The van der Waals surface area contributed by atoms with Gasteiger partial charge in [0.15, 0.2) is 0 Å². The van der Waals surface area contributed by atoms with E-state index in [2.05, 4.69) is 30.6 Å². The highest BCUT2D eigenvalue weighted by Crippen LogP contribution is 2.32. The largest absolute Gasteiger partial charge is 0.373 e. The molecule has 0 fully saturated rings. The van der Waals surface area contributed by atoms with Crippen LogP contribution in [0.4, 0.5) is 20.3 Å². The average Bonchev–Trinajstić information content (AvgIpc) is 2.83. The number of fused-ring (bicyclic) bond motifs is 1. The molecule has 0 radical (unpaired) electrons. The van der Waals surface area contributed by atoms with Crippen LogP contribution in [-0.2, 0) is 0 Å². The lowest BCUT2D eigenvalue weighted by molar-refractivity contribution is -0.00227. The van der Waals surface area contributed by atoms with E-state index in [1.165, 1.54) is 25.3 Å². The molecule has 4 aromatic heterocycles. The van der Waals surface area contributed by atoms with Gasteiger partial charge in [-0.2, -0.15) is 0 Å². The Labute approximate surface area is 195 Å². The number of carbonyl (C=O) groups excluding carboxylic acids is 1. The number of nitrogens with zero attached hydrogens (tertiary/aromatic N) is 4. The Balaban J connectivity index is 1.61. The molecule has 0 aromatic carbocycles. The first-order valence-electron chi connectivity index (χ1n) is 10.7. The summed E-state index contributed by atoms with van der Waals surface area (Å²) >= 11 is 0. The molecule has 174 valence electrons. The average molecular weight is 463 g/mol. The molecule has 2 N–H and O–H groups in total. The SMILES string of the molecule is CNc1cc2ncc(-c3cc(NC(=O)c4cc([C@@H](C)C(C)(F)F)ccn4)cnc3C)cc2cn1. The van der Waals surface area contributed by atoms with Gasteiger partial charge in [-0.05, 0) is 43.7 Å². The molecule has 1 atom stereocenters. The smallest absolute Gasteiger partial charge is 0.274 e. The van der Waals surface area contributed by atoms with Crippen LogP contribution in [0.3, 0.4) is 0 Å². The molecule has 0 saturated heterocycles. The van der Waals surface area contributed by atoms with Gasteiger partial charge >= 0.3 is 0 Å². The molecular formula is C25H24F2N6O. The Morgan fingerprint density at radius 2 is 1.82 bits per heavy atom. The molecule has 0 unspecified atom stereocenters. The van der Waals surface area contributed by atoms with Crippen LogP contribution in [-0.4, -0.2) is 38.8 Å². The minimum Gasteiger partial charge on any atom is -0.373 e. The number of aryl methyl sites for hydroxylation is 1. The van der Waals surface area contributed by atoms with E-state index in [-0.39, 0.29) is 5.69 Å². The highest BCUT2D eigenvalue weighted by Gasteiger charge is 2.31. The van der Waals surface area contributed by atoms with Gasteiger partial charge in [-0.1, -0.05) is 6.92 Å². The maximum Gasteiger partial charge on any atom is 0.274 e. The lowest BCUT2D eigenvalue weighted by Crippen LogP contribution is -2.21. The first-order valence-corrected chi connectivity index (χ1v) is 10.7. The van der Waals surface area contributed by atoms with E-state index in [4.69, 9.17) is 0 Å². The third-order valence-corrected chi connectivity index (χ3v) is 5.75. The lowest BCUT2D eigenvalue weighted by Gasteiger charge is -2.19. The Morgan fingerprint density at radius 3 is 2.56 bits per heavy atom. The van der Waals surface area contributed by atoms with Crippen LogP contribution in [0.5, 0.6) is 0 Å². The van der Waals surface area contributed by atoms with E-state index in [1.807, 2.05) is 19.1 Å². The minimum atomic E-state index is -2.91. The summed E-state index contributed by atoms with van der Waals surface area (Å²) < 4.78 is 27.4. The molecule has 4 rings (SSSR count). The zero-order valence-electron chi connectivity index (χ0n) is 19.2. The lowest BCUT2D eigenvalue weighted by atomic mass is 9.96. The summed E-state index contributed by atoms with van der Waals surface area (Å²) in [6, 6.07) is 8.50. The summed E-state index contributed by atoms with van der Waals surface area (Å²) in [6.07, 6.45) is 6.39. The summed E-state index contributed by atoms with van der Waals surface area (Å²) in [5, 5.41) is 6.62. The number of amides is 1. The van der Waals surface area contributed by atoms with Gasteiger partial charge in [-0.3, -0.25) is 19.7 Å². The van der Waals surface area contributed by atoms with Crippen molar-refractivity contribution >= 4 is 28.3 Å². The molecule has 1 amide bonds. The molecule has 0 aliphatic carbocycles. The van der Waals surface area contributed by atoms with Crippen molar-refractivity contribution in [2.24, 2.45) is 0 Å². The standard InChI is InChI=1S/C25H24F2N6O/c1-14(25(3,26)27)16-5-6-29-22(8-16)24(34)33-19-9-20(15(2)30-13-19)17-7-18-12-32-23(28-4)10-21(18)31-11-17/h5-14H,1-4H3,(H,28,32)(H,33,34)/t14-/m1/s1. The summed E-state index contributed by atoms with van der Waals surface area (Å²) in [4.78, 5) is 30.1. The van der Waals surface area contributed by atoms with Gasteiger partial charge < -0.3 is 10.6 Å². The molecule has 0 bridgehead atoms. The number of hydrogen-bond donors (Lipinski definition) is 2. The monoisotopic (exact) mass is 462 g/mol. The van der Waals surface area contributed by atoms with Crippen molar-refractivity contribution in [1.29, 1.82) is 0 Å². The number of aromatic nitrogens is 4. The number of hydrogen-bond acceptors (Lipinski definition) is 6. The number of carbonyl (C=O) groups is 1. The van der Waals surface area contributed by atoms with Crippen molar-refractivity contribution in [3.8, 4) is 11.1 Å². The fraction of sp³-hybridized carbons (Fsp3) is 0.240. The fourth-order valence-electron chi connectivity index (χ4n) is 3.53. The van der Waals surface area contributed by atoms with Gasteiger partial charge in [0.25, 0.3) is 11.8 Å². The van der Waals surface area contributed by atoms with Crippen LogP contribution in [0.2, 0.25) is 0 Å². The van der Waals surface area contributed by atoms with Gasteiger partial charge in [0, 0.05) is 59.8 Å². The van der Waals surface area contributed by atoms with E-state index in [9.17, 15) is 13.6 Å². The maximum atomic E-state index is 13.7. The number of halogens is 2. The number of alkyl halides is 2. The van der Waals surface area contributed by atoms with E-state index in [1.54, 1.807) is 31.7 Å². The third-order valence-electron chi connectivity index (χ3n) is 5.75. The number of pyridine rings is 4. The van der Waals surface area contributed by atoms with E-state index < -0.39 is 17.7 Å². The van der Waals surface area contributed by atoms with Crippen molar-refractivity contribution in [3.63, 3.8) is 0 Å². The molecule has 7 nitrogen and oxygen atoms in total. The van der Waals surface area contributed by atoms with Crippen molar-refractivity contribution in [2.45, 2.75) is 32.6 Å². The second kappa shape index (κ2) is 9.09. The summed E-state index contributed by atoms with van der Waals surface area (Å²) in [5.74, 6) is -3.74. The fourth-order valence-corrected chi connectivity index (χ4v) is 3.53. The highest BCUT2D eigenvalue weighted by atomic mass is 19.3. The van der Waals surface area contributed by atoms with E-state index in [0.717, 1.165) is 40.5 Å². The predicted octanol–water partition coefficient (Wildman–Crippen LogP) is 5.45. The Hall–Kier alpha value is -4.01. The van der Waals surface area contributed by atoms with Crippen molar-refractivity contribution < 1.29 is 13.6 Å². The van der Waals surface area contributed by atoms with Crippen molar-refractivity contribution in [3.05, 3.63) is 72.1 Å². The van der Waals surface area contributed by atoms with Gasteiger partial charge in [0.2, 0.25) is 0 Å². The summed E-state index contributed by atoms with van der Waals surface area (Å²) in [6.45, 7) is 4.14. The number of anilines is 2. The van der Waals surface area contributed by atoms with Crippen LogP contribution < -0.4 is 10.6 Å². The molecule has 34 heavy (non-hydrogen) atoms. The first-order chi connectivity index (χ1) is 16.2. The molecule has 9 heteroatoms. The first kappa shape index (κ1) is 23.2. The van der Waals surface area contributed by atoms with E-state index >= 15 is 0 Å². The van der Waals surface area contributed by atoms with Gasteiger partial charge in [0.1, 0.15) is 11.5 Å². The highest BCUT2D eigenvalue weighted by molar-refractivity contribution is 6.03. The molecule has 4 heterocycles. The summed E-state index contributed by atoms with van der Waals surface area (Å²) in [5.41, 5.74) is 4.03. The second-order valence-corrected chi connectivity index (χ2v) is 8.20. The summed E-state index contributed by atoms with van der Waals surface area (Å²) in [7, 11) is 1.79. The van der Waals surface area contributed by atoms with Crippen LogP contribution >= 0.6 is 0 Å². The molecule has 0 aliphatic heterocycles. The van der Waals surface area contributed by atoms with Gasteiger partial charge in [0.05, 0.1) is 17.4 Å². The second-order valence-electron chi connectivity index (χ2n) is 8.20.